The molecule has 1 aromatic rings. The number of carbonyl (C=O) groups is 1. The predicted molar refractivity (Wildman–Crippen MR) is 73.9 cm³/mol. The number of anilines is 2. The van der Waals surface area contributed by atoms with Crippen molar-refractivity contribution in [2.24, 2.45) is 0 Å². The van der Waals surface area contributed by atoms with Gasteiger partial charge in [0, 0.05) is 31.6 Å². The lowest BCUT2D eigenvalue weighted by Gasteiger charge is -2.09. The molecule has 0 aliphatic carbocycles. The molecule has 0 saturated carbocycles. The van der Waals surface area contributed by atoms with Gasteiger partial charge in [0.15, 0.2) is 0 Å². The molecule has 0 radical (unpaired) electrons. The summed E-state index contributed by atoms with van der Waals surface area (Å²) >= 11 is 5.79. The van der Waals surface area contributed by atoms with Gasteiger partial charge < -0.3 is 21.1 Å². The van der Waals surface area contributed by atoms with Gasteiger partial charge >= 0.3 is 0 Å². The molecule has 100 valence electrons. The Morgan fingerprint density at radius 2 is 2.22 bits per heavy atom. The van der Waals surface area contributed by atoms with E-state index in [4.69, 9.17) is 22.1 Å². The van der Waals surface area contributed by atoms with Crippen molar-refractivity contribution >= 4 is 28.9 Å². The van der Waals surface area contributed by atoms with Crippen molar-refractivity contribution < 1.29 is 9.53 Å². The Morgan fingerprint density at radius 1 is 1.44 bits per heavy atom. The fourth-order valence-corrected chi connectivity index (χ4v) is 1.57. The second-order valence-corrected chi connectivity index (χ2v) is 4.19. The molecule has 0 fully saturated rings. The molecular formula is C12H18ClN3O2. The van der Waals surface area contributed by atoms with Crippen LogP contribution in [0, 0.1) is 0 Å². The summed E-state index contributed by atoms with van der Waals surface area (Å²) in [4.78, 5) is 11.4. The van der Waals surface area contributed by atoms with Crippen molar-refractivity contribution in [1.82, 2.24) is 5.32 Å². The lowest BCUT2D eigenvalue weighted by Crippen LogP contribution is -2.28. The van der Waals surface area contributed by atoms with Gasteiger partial charge in [-0.15, -0.1) is 0 Å². The van der Waals surface area contributed by atoms with E-state index in [-0.39, 0.29) is 5.91 Å². The van der Waals surface area contributed by atoms with E-state index in [0.29, 0.717) is 36.8 Å². The number of nitrogens with two attached hydrogens (primary N) is 1. The summed E-state index contributed by atoms with van der Waals surface area (Å²) in [7, 11) is 1.59. The number of hydrogen-bond acceptors (Lipinski definition) is 4. The van der Waals surface area contributed by atoms with E-state index in [0.717, 1.165) is 5.69 Å². The van der Waals surface area contributed by atoms with Crippen molar-refractivity contribution in [3.8, 4) is 0 Å². The third-order valence-corrected chi connectivity index (χ3v) is 2.54. The summed E-state index contributed by atoms with van der Waals surface area (Å²) in [5.41, 5.74) is 7.13. The normalized spacial score (nSPS) is 10.1. The largest absolute Gasteiger partial charge is 0.397 e. The van der Waals surface area contributed by atoms with Crippen LogP contribution in [0.1, 0.15) is 6.42 Å². The van der Waals surface area contributed by atoms with Gasteiger partial charge in [-0.3, -0.25) is 4.79 Å². The average Bonchev–Trinajstić information content (AvgIpc) is 2.32. The van der Waals surface area contributed by atoms with Crippen molar-refractivity contribution in [2.75, 3.05) is 37.9 Å². The maximum atomic E-state index is 11.4. The van der Waals surface area contributed by atoms with Crippen molar-refractivity contribution in [2.45, 2.75) is 6.42 Å². The van der Waals surface area contributed by atoms with Crippen molar-refractivity contribution in [3.05, 3.63) is 23.2 Å². The van der Waals surface area contributed by atoms with Crippen LogP contribution in [0.25, 0.3) is 0 Å². The molecule has 0 saturated heterocycles. The molecule has 0 heterocycles. The van der Waals surface area contributed by atoms with Gasteiger partial charge in [0.2, 0.25) is 5.91 Å². The van der Waals surface area contributed by atoms with Crippen LogP contribution in [-0.2, 0) is 9.53 Å². The molecular weight excluding hydrogens is 254 g/mol. The first-order chi connectivity index (χ1) is 8.63. The maximum absolute atomic E-state index is 11.4. The fourth-order valence-electron chi connectivity index (χ4n) is 1.39. The first kappa shape index (κ1) is 14.6. The van der Waals surface area contributed by atoms with Crippen LogP contribution in [0.3, 0.4) is 0 Å². The van der Waals surface area contributed by atoms with Gasteiger partial charge in [-0.05, 0) is 18.2 Å². The SMILES string of the molecule is COCCNC(=O)CCNc1ccc(Cl)cc1N. The maximum Gasteiger partial charge on any atom is 0.221 e. The number of carbonyl (C=O) groups excluding carboxylic acids is 1. The number of rotatable bonds is 7. The van der Waals surface area contributed by atoms with Gasteiger partial charge in [-0.1, -0.05) is 11.6 Å². The molecule has 5 nitrogen and oxygen atoms in total. The second-order valence-electron chi connectivity index (χ2n) is 3.75. The van der Waals surface area contributed by atoms with E-state index < -0.39 is 0 Å². The molecule has 1 rings (SSSR count). The number of nitrogens with one attached hydrogen (secondary N) is 2. The molecule has 18 heavy (non-hydrogen) atoms. The van der Waals surface area contributed by atoms with Gasteiger partial charge in [-0.2, -0.15) is 0 Å². The van der Waals surface area contributed by atoms with Crippen LogP contribution in [0.15, 0.2) is 18.2 Å². The summed E-state index contributed by atoms with van der Waals surface area (Å²) in [5.74, 6) is -0.0212. The smallest absolute Gasteiger partial charge is 0.221 e. The minimum Gasteiger partial charge on any atom is -0.397 e. The lowest BCUT2D eigenvalue weighted by molar-refractivity contribution is -0.121. The Kier molecular flexibility index (Phi) is 6.32. The number of benzene rings is 1. The highest BCUT2D eigenvalue weighted by atomic mass is 35.5. The summed E-state index contributed by atoms with van der Waals surface area (Å²) in [5, 5.41) is 6.42. The molecule has 0 aromatic heterocycles. The summed E-state index contributed by atoms with van der Waals surface area (Å²) < 4.78 is 4.83. The van der Waals surface area contributed by atoms with E-state index >= 15 is 0 Å². The van der Waals surface area contributed by atoms with Crippen molar-refractivity contribution in [3.63, 3.8) is 0 Å². The Morgan fingerprint density at radius 3 is 2.89 bits per heavy atom. The highest BCUT2D eigenvalue weighted by Crippen LogP contribution is 2.22. The minimum atomic E-state index is -0.0212. The van der Waals surface area contributed by atoms with Crippen LogP contribution in [-0.4, -0.2) is 32.7 Å². The standard InChI is InChI=1S/C12H18ClN3O2/c1-18-7-6-16-12(17)4-5-15-11-3-2-9(13)8-10(11)14/h2-3,8,15H,4-7,14H2,1H3,(H,16,17). The van der Waals surface area contributed by atoms with E-state index in [1.54, 1.807) is 25.3 Å². The molecule has 0 aliphatic rings. The number of ether oxygens (including phenoxy) is 1. The molecule has 0 bridgehead atoms. The quantitative estimate of drug-likeness (QED) is 0.519. The topological polar surface area (TPSA) is 76.4 Å². The summed E-state index contributed by atoms with van der Waals surface area (Å²) in [6.45, 7) is 1.56. The van der Waals surface area contributed by atoms with Crippen LogP contribution in [0.4, 0.5) is 11.4 Å². The molecule has 1 aromatic carbocycles. The van der Waals surface area contributed by atoms with Crippen LogP contribution in [0.2, 0.25) is 5.02 Å². The molecule has 0 spiro atoms. The van der Waals surface area contributed by atoms with Gasteiger partial charge in [-0.25, -0.2) is 0 Å². The molecule has 0 atom stereocenters. The minimum absolute atomic E-state index is 0.0212. The van der Waals surface area contributed by atoms with Crippen LogP contribution in [0.5, 0.6) is 0 Å². The zero-order valence-electron chi connectivity index (χ0n) is 10.3. The number of amides is 1. The van der Waals surface area contributed by atoms with E-state index in [2.05, 4.69) is 10.6 Å². The Bertz CT molecular complexity index is 399. The highest BCUT2D eigenvalue weighted by Gasteiger charge is 2.02. The van der Waals surface area contributed by atoms with Crippen molar-refractivity contribution in [1.29, 1.82) is 0 Å². The first-order valence-electron chi connectivity index (χ1n) is 5.68. The molecule has 6 heteroatoms. The summed E-state index contributed by atoms with van der Waals surface area (Å²) in [6.07, 6.45) is 0.381. The Balaban J connectivity index is 2.26. The van der Waals surface area contributed by atoms with E-state index in [9.17, 15) is 4.79 Å². The van der Waals surface area contributed by atoms with Crippen LogP contribution < -0.4 is 16.4 Å². The lowest BCUT2D eigenvalue weighted by atomic mass is 10.2. The molecule has 4 N–H and O–H groups in total. The third-order valence-electron chi connectivity index (χ3n) is 2.31. The predicted octanol–water partition coefficient (Wildman–Crippen LogP) is 1.49. The van der Waals surface area contributed by atoms with E-state index in [1.165, 1.54) is 0 Å². The Labute approximate surface area is 112 Å². The number of nitrogen functional groups attached to an aromatic ring is 1. The summed E-state index contributed by atoms with van der Waals surface area (Å²) in [6, 6.07) is 5.21. The zero-order chi connectivity index (χ0) is 13.4. The Hall–Kier alpha value is -1.46. The molecule has 0 unspecified atom stereocenters. The molecule has 1 amide bonds. The average molecular weight is 272 g/mol. The van der Waals surface area contributed by atoms with Gasteiger partial charge in [0.05, 0.1) is 18.0 Å². The van der Waals surface area contributed by atoms with Gasteiger partial charge in [0.1, 0.15) is 0 Å². The number of methoxy groups -OCH3 is 1. The highest BCUT2D eigenvalue weighted by molar-refractivity contribution is 6.31. The fraction of sp³-hybridized carbons (Fsp3) is 0.417. The number of hydrogen-bond donors (Lipinski definition) is 3. The first-order valence-corrected chi connectivity index (χ1v) is 6.06. The third kappa shape index (κ3) is 5.25. The van der Waals surface area contributed by atoms with Crippen LogP contribution >= 0.6 is 11.6 Å². The molecule has 0 aliphatic heterocycles. The van der Waals surface area contributed by atoms with E-state index in [1.807, 2.05) is 0 Å². The second kappa shape index (κ2) is 7.79. The zero-order valence-corrected chi connectivity index (χ0v) is 11.1. The number of halogens is 1. The van der Waals surface area contributed by atoms with Gasteiger partial charge in [0.25, 0.3) is 0 Å². The monoisotopic (exact) mass is 271 g/mol.